The number of sulfonamides is 1. The fourth-order valence-corrected chi connectivity index (χ4v) is 3.51. The van der Waals surface area contributed by atoms with E-state index in [-0.39, 0.29) is 4.90 Å². The number of hydrogen-bond acceptors (Lipinski definition) is 3. The van der Waals surface area contributed by atoms with Crippen molar-refractivity contribution < 1.29 is 8.42 Å². The van der Waals surface area contributed by atoms with Gasteiger partial charge in [0.1, 0.15) is 0 Å². The lowest BCUT2D eigenvalue weighted by molar-refractivity contribution is 0.597. The van der Waals surface area contributed by atoms with Crippen molar-refractivity contribution in [2.45, 2.75) is 25.7 Å². The first-order valence-electron chi connectivity index (χ1n) is 6.18. The summed E-state index contributed by atoms with van der Waals surface area (Å²) in [4.78, 5) is 4.20. The molecule has 1 heterocycles. The molecule has 0 saturated heterocycles. The highest BCUT2D eigenvalue weighted by Crippen LogP contribution is 2.23. The fraction of sp³-hybridized carbons (Fsp3) is 0.200. The third-order valence-electron chi connectivity index (χ3n) is 2.89. The lowest BCUT2D eigenvalue weighted by Gasteiger charge is -2.08. The summed E-state index contributed by atoms with van der Waals surface area (Å²) in [6, 6.07) is 7.18. The first-order valence-corrected chi connectivity index (χ1v) is 7.62. The molecule has 0 radical (unpaired) electrons. The molecule has 5 heteroatoms. The molecule has 0 aliphatic heterocycles. The molecule has 0 fully saturated rings. The topological polar surface area (TPSA) is 59.4 Å². The highest BCUT2D eigenvalue weighted by molar-refractivity contribution is 7.90. The molecule has 0 saturated carbocycles. The lowest BCUT2D eigenvalue weighted by Crippen LogP contribution is -2.04. The van der Waals surface area contributed by atoms with Gasteiger partial charge in [-0.15, -0.1) is 0 Å². The molecular weight excluding hydrogens is 272 g/mol. The van der Waals surface area contributed by atoms with Crippen LogP contribution in [0.25, 0.3) is 0 Å². The summed E-state index contributed by atoms with van der Waals surface area (Å²) in [6.07, 6.45) is 4.51. The van der Waals surface area contributed by atoms with Crippen molar-refractivity contribution in [3.05, 3.63) is 58.9 Å². The third kappa shape index (κ3) is 3.11. The zero-order valence-electron chi connectivity index (χ0n) is 11.7. The van der Waals surface area contributed by atoms with Crippen LogP contribution in [0.4, 0.5) is 0 Å². The van der Waals surface area contributed by atoms with Gasteiger partial charge in [-0.2, -0.15) is 12.8 Å². The second-order valence-corrected chi connectivity index (χ2v) is 6.29. The van der Waals surface area contributed by atoms with Crippen LogP contribution in [0.5, 0.6) is 0 Å². The molecule has 4 nitrogen and oxygen atoms in total. The smallest absolute Gasteiger partial charge is 0.264 e. The van der Waals surface area contributed by atoms with Gasteiger partial charge in [-0.05, 0) is 38.0 Å². The molecule has 0 atom stereocenters. The lowest BCUT2D eigenvalue weighted by atomic mass is 10.1. The summed E-state index contributed by atoms with van der Waals surface area (Å²) in [5.74, 6) is 0. The van der Waals surface area contributed by atoms with Crippen molar-refractivity contribution in [3.8, 4) is 0 Å². The van der Waals surface area contributed by atoms with Crippen LogP contribution in [0.1, 0.15) is 22.3 Å². The number of aromatic nitrogens is 1. The molecule has 0 aliphatic carbocycles. The van der Waals surface area contributed by atoms with Gasteiger partial charge in [0.2, 0.25) is 0 Å². The Balaban J connectivity index is 2.44. The number of hydrogen-bond donors (Lipinski definition) is 0. The Morgan fingerprint density at radius 1 is 1.15 bits per heavy atom. The maximum absolute atomic E-state index is 12.3. The SMILES string of the molecule is Cc1cc(C)c(S(=O)(=O)/N=C\c2cccnc2)c(C)c1. The summed E-state index contributed by atoms with van der Waals surface area (Å²) in [5, 5.41) is 0. The number of benzene rings is 1. The van der Waals surface area contributed by atoms with Gasteiger partial charge in [0, 0.05) is 24.2 Å². The Bertz CT molecular complexity index is 728. The molecule has 0 aliphatic rings. The minimum atomic E-state index is -3.69. The van der Waals surface area contributed by atoms with E-state index < -0.39 is 10.0 Å². The summed E-state index contributed by atoms with van der Waals surface area (Å²) >= 11 is 0. The Kier molecular flexibility index (Phi) is 3.99. The van der Waals surface area contributed by atoms with Gasteiger partial charge in [-0.3, -0.25) is 4.98 Å². The standard InChI is InChI=1S/C15H16N2O2S/c1-11-7-12(2)15(13(3)8-11)20(18,19)17-10-14-5-4-6-16-9-14/h4-10H,1-3H3/b17-10-. The monoisotopic (exact) mass is 288 g/mol. The van der Waals surface area contributed by atoms with Gasteiger partial charge in [0.15, 0.2) is 0 Å². The molecule has 0 unspecified atom stereocenters. The van der Waals surface area contributed by atoms with Crippen LogP contribution < -0.4 is 0 Å². The Hall–Kier alpha value is -2.01. The van der Waals surface area contributed by atoms with Gasteiger partial charge in [0.05, 0.1) is 4.90 Å². The van der Waals surface area contributed by atoms with E-state index in [9.17, 15) is 8.42 Å². The van der Waals surface area contributed by atoms with E-state index in [1.54, 1.807) is 38.4 Å². The summed E-state index contributed by atoms with van der Waals surface area (Å²) in [5.41, 5.74) is 3.12. The molecule has 104 valence electrons. The normalized spacial score (nSPS) is 11.9. The van der Waals surface area contributed by atoms with Crippen molar-refractivity contribution in [2.24, 2.45) is 4.40 Å². The quantitative estimate of drug-likeness (QED) is 0.816. The molecule has 1 aromatic heterocycles. The average molecular weight is 288 g/mol. The molecule has 1 aromatic carbocycles. The van der Waals surface area contributed by atoms with E-state index in [4.69, 9.17) is 0 Å². The van der Waals surface area contributed by atoms with Crippen LogP contribution in [0, 0.1) is 20.8 Å². The Morgan fingerprint density at radius 2 is 1.80 bits per heavy atom. The third-order valence-corrected chi connectivity index (χ3v) is 4.43. The van der Waals surface area contributed by atoms with Crippen molar-refractivity contribution in [3.63, 3.8) is 0 Å². The van der Waals surface area contributed by atoms with Crippen LogP contribution in [-0.2, 0) is 10.0 Å². The number of rotatable bonds is 3. The second kappa shape index (κ2) is 5.54. The highest BCUT2D eigenvalue weighted by Gasteiger charge is 2.18. The molecule has 0 N–H and O–H groups in total. The summed E-state index contributed by atoms with van der Waals surface area (Å²) < 4.78 is 28.4. The van der Waals surface area contributed by atoms with Crippen LogP contribution in [0.2, 0.25) is 0 Å². The van der Waals surface area contributed by atoms with E-state index >= 15 is 0 Å². The van der Waals surface area contributed by atoms with Crippen molar-refractivity contribution in [1.29, 1.82) is 0 Å². The molecule has 0 amide bonds. The Labute approximate surface area is 119 Å². The summed E-state index contributed by atoms with van der Waals surface area (Å²) in [7, 11) is -3.69. The number of nitrogens with zero attached hydrogens (tertiary/aromatic N) is 2. The molecule has 0 spiro atoms. The minimum Gasteiger partial charge on any atom is -0.264 e. The van der Waals surface area contributed by atoms with Gasteiger partial charge in [-0.1, -0.05) is 23.8 Å². The van der Waals surface area contributed by atoms with E-state index in [0.29, 0.717) is 16.7 Å². The fourth-order valence-electron chi connectivity index (χ4n) is 2.21. The zero-order valence-corrected chi connectivity index (χ0v) is 12.5. The van der Waals surface area contributed by atoms with Crippen LogP contribution >= 0.6 is 0 Å². The summed E-state index contributed by atoms with van der Waals surface area (Å²) in [6.45, 7) is 5.51. The zero-order chi connectivity index (χ0) is 14.8. The second-order valence-electron chi connectivity index (χ2n) is 4.72. The molecule has 20 heavy (non-hydrogen) atoms. The van der Waals surface area contributed by atoms with E-state index in [1.807, 2.05) is 19.1 Å². The number of pyridine rings is 1. The largest absolute Gasteiger partial charge is 0.282 e. The molecule has 2 aromatic rings. The van der Waals surface area contributed by atoms with Gasteiger partial charge in [0.25, 0.3) is 10.0 Å². The first kappa shape index (κ1) is 14.4. The number of aryl methyl sites for hydroxylation is 3. The predicted octanol–water partition coefficient (Wildman–Crippen LogP) is 2.81. The maximum Gasteiger partial charge on any atom is 0.282 e. The van der Waals surface area contributed by atoms with Crippen LogP contribution in [0.15, 0.2) is 46.0 Å². The first-order chi connectivity index (χ1) is 9.40. The van der Waals surface area contributed by atoms with Crippen molar-refractivity contribution in [1.82, 2.24) is 4.98 Å². The highest BCUT2D eigenvalue weighted by atomic mass is 32.2. The minimum absolute atomic E-state index is 0.281. The van der Waals surface area contributed by atoms with Crippen molar-refractivity contribution in [2.75, 3.05) is 0 Å². The molecule has 0 bridgehead atoms. The molecular formula is C15H16N2O2S. The van der Waals surface area contributed by atoms with E-state index in [2.05, 4.69) is 9.38 Å². The average Bonchev–Trinajstić information content (AvgIpc) is 2.36. The Morgan fingerprint density at radius 3 is 2.35 bits per heavy atom. The van der Waals surface area contributed by atoms with Crippen LogP contribution in [0.3, 0.4) is 0 Å². The van der Waals surface area contributed by atoms with Gasteiger partial charge >= 0.3 is 0 Å². The maximum atomic E-state index is 12.3. The van der Waals surface area contributed by atoms with Gasteiger partial charge < -0.3 is 0 Å². The molecule has 2 rings (SSSR count). The van der Waals surface area contributed by atoms with Crippen LogP contribution in [-0.4, -0.2) is 19.6 Å². The van der Waals surface area contributed by atoms with E-state index in [0.717, 1.165) is 5.56 Å². The predicted molar refractivity (Wildman–Crippen MR) is 79.7 cm³/mol. The van der Waals surface area contributed by atoms with Crippen molar-refractivity contribution >= 4 is 16.2 Å². The van der Waals surface area contributed by atoms with E-state index in [1.165, 1.54) is 6.21 Å². The van der Waals surface area contributed by atoms with Gasteiger partial charge in [-0.25, -0.2) is 0 Å².